The number of allylic oxidation sites excluding steroid dienone is 1. The molecule has 4 aromatic rings. The highest BCUT2D eigenvalue weighted by Crippen LogP contribution is 2.33. The van der Waals surface area contributed by atoms with E-state index in [4.69, 9.17) is 16.3 Å². The van der Waals surface area contributed by atoms with Crippen LogP contribution in [0.5, 0.6) is 5.75 Å². The summed E-state index contributed by atoms with van der Waals surface area (Å²) in [6, 6.07) is 24.8. The number of carbonyl (C=O) groups is 1. The minimum atomic E-state index is -0.346. The molecule has 2 heterocycles. The van der Waals surface area contributed by atoms with Gasteiger partial charge in [0.25, 0.3) is 11.9 Å². The number of carbonyl (C=O) groups excluding carboxylic acids is 1. The Bertz CT molecular complexity index is 1410. The molecule has 0 radical (unpaired) electrons. The third-order valence-electron chi connectivity index (χ3n) is 5.55. The van der Waals surface area contributed by atoms with Crippen molar-refractivity contribution >= 4 is 41.2 Å². The van der Waals surface area contributed by atoms with Crippen LogP contribution in [0.25, 0.3) is 11.8 Å². The molecule has 0 bridgehead atoms. The van der Waals surface area contributed by atoms with Crippen molar-refractivity contribution in [1.29, 1.82) is 0 Å². The number of benzene rings is 3. The molecule has 7 nitrogen and oxygen atoms in total. The van der Waals surface area contributed by atoms with Gasteiger partial charge < -0.3 is 10.1 Å². The predicted molar refractivity (Wildman–Crippen MR) is 138 cm³/mol. The number of nitrogens with zero attached hydrogens (tertiary/aromatic N) is 3. The monoisotopic (exact) mass is 483 g/mol. The van der Waals surface area contributed by atoms with Gasteiger partial charge in [0.05, 0.1) is 7.11 Å². The van der Waals surface area contributed by atoms with Gasteiger partial charge in [0.2, 0.25) is 5.95 Å². The summed E-state index contributed by atoms with van der Waals surface area (Å²) >= 11 is 6.07. The normalized spacial score (nSPS) is 14.7. The first kappa shape index (κ1) is 22.4. The number of nitrogens with one attached hydrogen (secondary N) is 2. The molecule has 35 heavy (non-hydrogen) atoms. The average Bonchev–Trinajstić information content (AvgIpc) is 3.30. The third kappa shape index (κ3) is 4.95. The summed E-state index contributed by atoms with van der Waals surface area (Å²) in [5.74, 6) is 1.06. The minimum absolute atomic E-state index is 0.203. The van der Waals surface area contributed by atoms with Crippen LogP contribution in [0.1, 0.15) is 22.7 Å². The van der Waals surface area contributed by atoms with E-state index in [0.717, 1.165) is 22.4 Å². The van der Waals surface area contributed by atoms with Gasteiger partial charge in [-0.2, -0.15) is 4.98 Å². The van der Waals surface area contributed by atoms with E-state index in [-0.39, 0.29) is 17.9 Å². The summed E-state index contributed by atoms with van der Waals surface area (Å²) in [6.07, 6.45) is 5.19. The summed E-state index contributed by atoms with van der Waals surface area (Å²) in [5, 5.41) is 11.3. The Labute approximate surface area is 207 Å². The highest BCUT2D eigenvalue weighted by atomic mass is 35.5. The molecule has 0 saturated heterocycles. The fourth-order valence-electron chi connectivity index (χ4n) is 3.85. The quantitative estimate of drug-likeness (QED) is 0.346. The van der Waals surface area contributed by atoms with Crippen molar-refractivity contribution in [3.8, 4) is 5.75 Å². The van der Waals surface area contributed by atoms with E-state index in [1.807, 2.05) is 78.9 Å². The highest BCUT2D eigenvalue weighted by Gasteiger charge is 2.25. The second kappa shape index (κ2) is 9.87. The number of hydrogen-bond acceptors (Lipinski definition) is 5. The molecular weight excluding hydrogens is 462 g/mol. The van der Waals surface area contributed by atoms with Gasteiger partial charge >= 0.3 is 0 Å². The van der Waals surface area contributed by atoms with Gasteiger partial charge in [0.15, 0.2) is 0 Å². The van der Waals surface area contributed by atoms with Gasteiger partial charge in [-0.3, -0.25) is 10.1 Å². The number of amides is 1. The molecule has 0 spiro atoms. The SMILES string of the molecule is COc1ccccc1/C=C/C(=O)Nc1nc2n(n1)C(c1ccccc1)C=C(c1ccc(Cl)cc1)N2. The summed E-state index contributed by atoms with van der Waals surface area (Å²) < 4.78 is 7.08. The number of para-hydroxylation sites is 1. The van der Waals surface area contributed by atoms with Crippen LogP contribution in [0.3, 0.4) is 0 Å². The Balaban J connectivity index is 1.42. The number of aromatic nitrogens is 3. The number of fused-ring (bicyclic) bond motifs is 1. The van der Waals surface area contributed by atoms with Crippen molar-refractivity contribution in [1.82, 2.24) is 14.8 Å². The molecule has 0 fully saturated rings. The second-order valence-electron chi connectivity index (χ2n) is 7.84. The first-order valence-corrected chi connectivity index (χ1v) is 11.4. The van der Waals surface area contributed by atoms with E-state index in [9.17, 15) is 4.79 Å². The van der Waals surface area contributed by atoms with Crippen molar-refractivity contribution in [3.63, 3.8) is 0 Å². The van der Waals surface area contributed by atoms with E-state index in [1.165, 1.54) is 6.08 Å². The van der Waals surface area contributed by atoms with E-state index < -0.39 is 0 Å². The molecule has 5 rings (SSSR count). The Hall–Kier alpha value is -4.36. The molecule has 8 heteroatoms. The molecule has 0 aliphatic carbocycles. The number of hydrogen-bond donors (Lipinski definition) is 2. The molecule has 1 aromatic heterocycles. The largest absolute Gasteiger partial charge is 0.496 e. The van der Waals surface area contributed by atoms with Gasteiger partial charge in [-0.1, -0.05) is 72.3 Å². The molecule has 2 N–H and O–H groups in total. The van der Waals surface area contributed by atoms with Crippen LogP contribution in [0.2, 0.25) is 5.02 Å². The standard InChI is InChI=1S/C27H22ClN5O2/c1-35-24-10-6-5-9-20(24)13-16-25(34)30-26-31-27-29-22(18-11-14-21(28)15-12-18)17-23(33(27)32-26)19-7-3-2-4-8-19/h2-17,23H,1H3,(H2,29,30,31,32,34)/b16-13+. The molecule has 1 amide bonds. The molecular formula is C27H22ClN5O2. The zero-order valence-corrected chi connectivity index (χ0v) is 19.6. The van der Waals surface area contributed by atoms with Crippen molar-refractivity contribution in [2.24, 2.45) is 0 Å². The van der Waals surface area contributed by atoms with Gasteiger partial charge in [0, 0.05) is 22.4 Å². The van der Waals surface area contributed by atoms with E-state index in [0.29, 0.717) is 16.7 Å². The molecule has 3 aromatic carbocycles. The van der Waals surface area contributed by atoms with Crippen LogP contribution in [-0.2, 0) is 4.79 Å². The maximum atomic E-state index is 12.6. The summed E-state index contributed by atoms with van der Waals surface area (Å²) in [6.45, 7) is 0. The lowest BCUT2D eigenvalue weighted by molar-refractivity contribution is -0.111. The van der Waals surface area contributed by atoms with E-state index in [2.05, 4.69) is 26.8 Å². The lowest BCUT2D eigenvalue weighted by Crippen LogP contribution is -2.20. The van der Waals surface area contributed by atoms with Gasteiger partial charge in [-0.05, 0) is 41.5 Å². The predicted octanol–water partition coefficient (Wildman–Crippen LogP) is 5.65. The number of ether oxygens (including phenoxy) is 1. The zero-order chi connectivity index (χ0) is 24.2. The Morgan fingerprint density at radius 3 is 2.57 bits per heavy atom. The molecule has 1 unspecified atom stereocenters. The average molecular weight is 484 g/mol. The first-order chi connectivity index (χ1) is 17.1. The maximum absolute atomic E-state index is 12.6. The molecule has 1 aliphatic rings. The van der Waals surface area contributed by atoms with Crippen molar-refractivity contribution in [2.45, 2.75) is 6.04 Å². The fraction of sp³-hybridized carbons (Fsp3) is 0.0741. The molecule has 1 atom stereocenters. The highest BCUT2D eigenvalue weighted by molar-refractivity contribution is 6.30. The van der Waals surface area contributed by atoms with Crippen LogP contribution < -0.4 is 15.4 Å². The van der Waals surface area contributed by atoms with Crippen LogP contribution in [0.15, 0.2) is 91.0 Å². The number of anilines is 2. The number of rotatable bonds is 6. The summed E-state index contributed by atoms with van der Waals surface area (Å²) in [7, 11) is 1.59. The Morgan fingerprint density at radius 1 is 1.06 bits per heavy atom. The third-order valence-corrected chi connectivity index (χ3v) is 5.80. The maximum Gasteiger partial charge on any atom is 0.250 e. The van der Waals surface area contributed by atoms with Crippen molar-refractivity contribution in [3.05, 3.63) is 113 Å². The van der Waals surface area contributed by atoms with Crippen LogP contribution >= 0.6 is 11.6 Å². The van der Waals surface area contributed by atoms with Gasteiger partial charge in [0.1, 0.15) is 11.8 Å². The lowest BCUT2D eigenvalue weighted by Gasteiger charge is -2.24. The topological polar surface area (TPSA) is 81.1 Å². The van der Waals surface area contributed by atoms with Gasteiger partial charge in [-0.25, -0.2) is 4.68 Å². The zero-order valence-electron chi connectivity index (χ0n) is 18.9. The van der Waals surface area contributed by atoms with Crippen molar-refractivity contribution < 1.29 is 9.53 Å². The Morgan fingerprint density at radius 2 is 1.80 bits per heavy atom. The number of halogens is 1. The Kier molecular flexibility index (Phi) is 6.32. The van der Waals surface area contributed by atoms with E-state index >= 15 is 0 Å². The fourth-order valence-corrected chi connectivity index (χ4v) is 3.98. The first-order valence-electron chi connectivity index (χ1n) is 11.0. The van der Waals surface area contributed by atoms with Crippen LogP contribution in [0.4, 0.5) is 11.9 Å². The second-order valence-corrected chi connectivity index (χ2v) is 8.27. The molecule has 0 saturated carbocycles. The summed E-state index contributed by atoms with van der Waals surface area (Å²) in [5.41, 5.74) is 3.68. The van der Waals surface area contributed by atoms with Gasteiger partial charge in [-0.15, -0.1) is 5.10 Å². The number of methoxy groups -OCH3 is 1. The van der Waals surface area contributed by atoms with E-state index in [1.54, 1.807) is 17.9 Å². The molecule has 174 valence electrons. The minimum Gasteiger partial charge on any atom is -0.496 e. The smallest absolute Gasteiger partial charge is 0.250 e. The van der Waals surface area contributed by atoms with Crippen LogP contribution in [-0.4, -0.2) is 27.8 Å². The van der Waals surface area contributed by atoms with Crippen LogP contribution in [0, 0.1) is 0 Å². The summed E-state index contributed by atoms with van der Waals surface area (Å²) in [4.78, 5) is 17.1. The molecule has 1 aliphatic heterocycles. The van der Waals surface area contributed by atoms with Crippen molar-refractivity contribution in [2.75, 3.05) is 17.7 Å². The lowest BCUT2D eigenvalue weighted by atomic mass is 10.0.